The van der Waals surface area contributed by atoms with Crippen LogP contribution in [0.2, 0.25) is 0 Å². The van der Waals surface area contributed by atoms with E-state index in [9.17, 15) is 4.79 Å². The van der Waals surface area contributed by atoms with Crippen LogP contribution in [0.4, 0.5) is 0 Å². The summed E-state index contributed by atoms with van der Waals surface area (Å²) in [6.45, 7) is 0. The molecule has 0 aromatic heterocycles. The Bertz CT molecular complexity index is 301. The van der Waals surface area contributed by atoms with Crippen molar-refractivity contribution < 1.29 is 9.53 Å². The second kappa shape index (κ2) is 6.03. The van der Waals surface area contributed by atoms with E-state index >= 15 is 0 Å². The molecule has 4 unspecified atom stereocenters. The first-order valence-electron chi connectivity index (χ1n) is 6.59. The van der Waals surface area contributed by atoms with Gasteiger partial charge in [-0.15, -0.1) is 0 Å². The molecule has 0 saturated heterocycles. The molecule has 2 aliphatic carbocycles. The number of ether oxygens (including phenoxy) is 1. The molecule has 0 aliphatic heterocycles. The molecule has 17 heavy (non-hydrogen) atoms. The summed E-state index contributed by atoms with van der Waals surface area (Å²) in [5.74, 6) is 2.15. The van der Waals surface area contributed by atoms with Crippen molar-refractivity contribution in [1.29, 1.82) is 0 Å². The fourth-order valence-corrected chi connectivity index (χ4v) is 4.07. The van der Waals surface area contributed by atoms with Gasteiger partial charge in [-0.25, -0.2) is 4.79 Å². The van der Waals surface area contributed by atoms with Crippen LogP contribution in [0, 0.1) is 17.8 Å². The Morgan fingerprint density at radius 3 is 2.65 bits per heavy atom. The molecular weight excluding hydrogens is 280 g/mol. The first-order chi connectivity index (χ1) is 8.19. The molecule has 0 aromatic carbocycles. The van der Waals surface area contributed by atoms with Crippen molar-refractivity contribution in [2.45, 2.75) is 43.4 Å². The maximum Gasteiger partial charge on any atom is 0.330 e. The average molecular weight is 301 g/mol. The van der Waals surface area contributed by atoms with E-state index in [4.69, 9.17) is 0 Å². The molecule has 2 saturated carbocycles. The van der Waals surface area contributed by atoms with Crippen molar-refractivity contribution in [3.8, 4) is 0 Å². The molecule has 0 aromatic rings. The highest BCUT2D eigenvalue weighted by Crippen LogP contribution is 2.44. The van der Waals surface area contributed by atoms with Gasteiger partial charge in [-0.2, -0.15) is 0 Å². The molecule has 4 atom stereocenters. The summed E-state index contributed by atoms with van der Waals surface area (Å²) in [4.78, 5) is 11.8. The van der Waals surface area contributed by atoms with Gasteiger partial charge in [-0.05, 0) is 56.3 Å². The van der Waals surface area contributed by atoms with Gasteiger partial charge in [-0.1, -0.05) is 22.0 Å². The molecule has 2 fully saturated rings. The van der Waals surface area contributed by atoms with Gasteiger partial charge in [0.25, 0.3) is 0 Å². The predicted molar refractivity (Wildman–Crippen MR) is 72.0 cm³/mol. The second-order valence-electron chi connectivity index (χ2n) is 5.39. The fourth-order valence-electron chi connectivity index (χ4n) is 3.33. The van der Waals surface area contributed by atoms with Crippen LogP contribution in [-0.4, -0.2) is 17.9 Å². The molecule has 2 nitrogen and oxygen atoms in total. The summed E-state index contributed by atoms with van der Waals surface area (Å²) in [5.41, 5.74) is 0. The van der Waals surface area contributed by atoms with Crippen LogP contribution in [0.3, 0.4) is 0 Å². The Hall–Kier alpha value is -0.310. The molecule has 96 valence electrons. The molecule has 0 radical (unpaired) electrons. The number of rotatable bonds is 2. The minimum Gasteiger partial charge on any atom is -0.466 e. The van der Waals surface area contributed by atoms with Gasteiger partial charge in [0.05, 0.1) is 7.11 Å². The average Bonchev–Trinajstić information content (AvgIpc) is 2.35. The molecule has 0 N–H and O–H groups in total. The Labute approximate surface area is 112 Å². The molecule has 0 heterocycles. The number of halogens is 1. The SMILES string of the molecule is COC(=O)/C=C/C1CCC2CC(Br)CCC2C1. The Kier molecular flexibility index (Phi) is 4.66. The lowest BCUT2D eigenvalue weighted by Gasteiger charge is -2.40. The molecule has 3 heteroatoms. The first kappa shape index (κ1) is 13.1. The number of hydrogen-bond acceptors (Lipinski definition) is 2. The van der Waals surface area contributed by atoms with Gasteiger partial charge in [0.1, 0.15) is 0 Å². The van der Waals surface area contributed by atoms with Gasteiger partial charge in [0.2, 0.25) is 0 Å². The second-order valence-corrected chi connectivity index (χ2v) is 6.68. The molecule has 0 amide bonds. The standard InChI is InChI=1S/C14H21BrO2/c1-17-14(16)7-3-10-2-4-12-9-13(15)6-5-11(12)8-10/h3,7,10-13H,2,4-6,8-9H2,1H3/b7-3+. The van der Waals surface area contributed by atoms with Gasteiger partial charge in [-0.3, -0.25) is 0 Å². The summed E-state index contributed by atoms with van der Waals surface area (Å²) < 4.78 is 4.63. The van der Waals surface area contributed by atoms with E-state index < -0.39 is 0 Å². The maximum atomic E-state index is 11.1. The van der Waals surface area contributed by atoms with Crippen LogP contribution in [0.25, 0.3) is 0 Å². The van der Waals surface area contributed by atoms with E-state index in [1.165, 1.54) is 45.6 Å². The summed E-state index contributed by atoms with van der Waals surface area (Å²) in [7, 11) is 1.43. The highest BCUT2D eigenvalue weighted by Gasteiger charge is 2.34. The topological polar surface area (TPSA) is 26.3 Å². The quantitative estimate of drug-likeness (QED) is 0.442. The monoisotopic (exact) mass is 300 g/mol. The van der Waals surface area contributed by atoms with E-state index in [0.717, 1.165) is 16.7 Å². The minimum absolute atomic E-state index is 0.226. The third kappa shape index (κ3) is 3.57. The summed E-state index contributed by atoms with van der Waals surface area (Å²) in [6, 6.07) is 0. The zero-order chi connectivity index (χ0) is 12.3. The van der Waals surface area contributed by atoms with Crippen LogP contribution in [0.15, 0.2) is 12.2 Å². The molecule has 0 bridgehead atoms. The van der Waals surface area contributed by atoms with E-state index in [-0.39, 0.29) is 5.97 Å². The number of methoxy groups -OCH3 is 1. The van der Waals surface area contributed by atoms with Crippen molar-refractivity contribution in [2.75, 3.05) is 7.11 Å². The maximum absolute atomic E-state index is 11.1. The van der Waals surface area contributed by atoms with Crippen molar-refractivity contribution in [2.24, 2.45) is 17.8 Å². The zero-order valence-corrected chi connectivity index (χ0v) is 12.0. The number of fused-ring (bicyclic) bond motifs is 1. The molecule has 0 spiro atoms. The normalized spacial score (nSPS) is 37.8. The van der Waals surface area contributed by atoms with Gasteiger partial charge in [0, 0.05) is 10.9 Å². The van der Waals surface area contributed by atoms with Crippen molar-refractivity contribution in [3.63, 3.8) is 0 Å². The Balaban J connectivity index is 1.85. The first-order valence-corrected chi connectivity index (χ1v) is 7.51. The van der Waals surface area contributed by atoms with Gasteiger partial charge in [0.15, 0.2) is 0 Å². The van der Waals surface area contributed by atoms with Gasteiger partial charge >= 0.3 is 5.97 Å². The molecule has 2 aliphatic rings. The molecule has 2 rings (SSSR count). The fraction of sp³-hybridized carbons (Fsp3) is 0.786. The smallest absolute Gasteiger partial charge is 0.330 e. The number of alkyl halides is 1. The largest absolute Gasteiger partial charge is 0.466 e. The highest BCUT2D eigenvalue weighted by atomic mass is 79.9. The van der Waals surface area contributed by atoms with Crippen LogP contribution < -0.4 is 0 Å². The minimum atomic E-state index is -0.226. The number of esters is 1. The van der Waals surface area contributed by atoms with E-state index in [0.29, 0.717) is 5.92 Å². The highest BCUT2D eigenvalue weighted by molar-refractivity contribution is 9.09. The van der Waals surface area contributed by atoms with Crippen LogP contribution in [0.5, 0.6) is 0 Å². The Morgan fingerprint density at radius 2 is 1.88 bits per heavy atom. The Morgan fingerprint density at radius 1 is 1.18 bits per heavy atom. The van der Waals surface area contributed by atoms with Gasteiger partial charge < -0.3 is 4.74 Å². The third-order valence-electron chi connectivity index (χ3n) is 4.30. The summed E-state index contributed by atoms with van der Waals surface area (Å²) in [5, 5.41) is 0. The lowest BCUT2D eigenvalue weighted by molar-refractivity contribution is -0.134. The van der Waals surface area contributed by atoms with Crippen LogP contribution >= 0.6 is 15.9 Å². The van der Waals surface area contributed by atoms with Crippen molar-refractivity contribution in [3.05, 3.63) is 12.2 Å². The molecular formula is C14H21BrO2. The summed E-state index contributed by atoms with van der Waals surface area (Å²) in [6.07, 6.45) is 11.5. The third-order valence-corrected chi connectivity index (χ3v) is 5.13. The van der Waals surface area contributed by atoms with Crippen LogP contribution in [0.1, 0.15) is 38.5 Å². The predicted octanol–water partition coefficient (Wildman–Crippen LogP) is 3.70. The van der Waals surface area contributed by atoms with E-state index in [1.54, 1.807) is 6.08 Å². The number of carbonyl (C=O) groups excluding carboxylic acids is 1. The van der Waals surface area contributed by atoms with E-state index in [1.807, 2.05) is 0 Å². The van der Waals surface area contributed by atoms with Crippen LogP contribution in [-0.2, 0) is 9.53 Å². The summed E-state index contributed by atoms with van der Waals surface area (Å²) >= 11 is 3.75. The zero-order valence-electron chi connectivity index (χ0n) is 10.4. The number of hydrogen-bond donors (Lipinski definition) is 0. The number of allylic oxidation sites excluding steroid dienone is 1. The lowest BCUT2D eigenvalue weighted by atomic mass is 9.67. The van der Waals surface area contributed by atoms with Crippen molar-refractivity contribution in [1.82, 2.24) is 0 Å². The van der Waals surface area contributed by atoms with Crippen molar-refractivity contribution >= 4 is 21.9 Å². The van der Waals surface area contributed by atoms with E-state index in [2.05, 4.69) is 26.7 Å². The lowest BCUT2D eigenvalue weighted by Crippen LogP contribution is -2.30. The number of carbonyl (C=O) groups is 1.